The molecule has 5 nitrogen and oxygen atoms in total. The molecule has 0 amide bonds. The van der Waals surface area contributed by atoms with E-state index in [1.165, 1.54) is 15.6 Å². The van der Waals surface area contributed by atoms with Crippen LogP contribution in [0.15, 0.2) is 53.4 Å². The van der Waals surface area contributed by atoms with Gasteiger partial charge in [-0.2, -0.15) is 4.31 Å². The molecule has 1 atom stereocenters. The quantitative estimate of drug-likeness (QED) is 0.603. The van der Waals surface area contributed by atoms with Gasteiger partial charge < -0.3 is 4.74 Å². The van der Waals surface area contributed by atoms with Crippen LogP contribution in [0.25, 0.3) is 10.2 Å². The molecule has 2 heterocycles. The average molecular weight is 428 g/mol. The normalized spacial score (nSPS) is 18.6. The van der Waals surface area contributed by atoms with E-state index < -0.39 is 22.1 Å². The summed E-state index contributed by atoms with van der Waals surface area (Å²) in [6.07, 6.45) is -3.49. The van der Waals surface area contributed by atoms with E-state index in [1.54, 1.807) is 0 Å². The standard InChI is InChI=1S/C18H15F3N2O3S2/c19-18(20,21)26-12-7-9-13(10-8-12)28(24,25)23-11-3-5-15(23)17-22-14-4-1-2-6-16(14)27-17/h1-2,4,6-10,15H,3,5,11H2/t15-/m1/s1. The summed E-state index contributed by atoms with van der Waals surface area (Å²) in [5.74, 6) is -0.462. The van der Waals surface area contributed by atoms with Crippen LogP contribution in [-0.2, 0) is 10.0 Å². The Morgan fingerprint density at radius 2 is 1.82 bits per heavy atom. The fourth-order valence-corrected chi connectivity index (χ4v) is 6.10. The number of hydrogen-bond donors (Lipinski definition) is 0. The number of para-hydroxylation sites is 1. The minimum atomic E-state index is -4.83. The van der Waals surface area contributed by atoms with Crippen molar-refractivity contribution in [3.63, 3.8) is 0 Å². The Balaban J connectivity index is 1.62. The van der Waals surface area contributed by atoms with Crippen LogP contribution in [0.5, 0.6) is 5.75 Å². The molecule has 1 saturated heterocycles. The topological polar surface area (TPSA) is 59.5 Å². The third kappa shape index (κ3) is 3.71. The maximum atomic E-state index is 13.1. The van der Waals surface area contributed by atoms with Gasteiger partial charge in [-0.15, -0.1) is 24.5 Å². The molecular formula is C18H15F3N2O3S2. The highest BCUT2D eigenvalue weighted by Gasteiger charge is 2.38. The molecule has 0 N–H and O–H groups in total. The zero-order valence-electron chi connectivity index (χ0n) is 14.4. The molecule has 0 radical (unpaired) electrons. The molecule has 0 saturated carbocycles. The van der Waals surface area contributed by atoms with Crippen LogP contribution in [0.1, 0.15) is 23.9 Å². The molecule has 0 unspecified atom stereocenters. The number of benzene rings is 2. The Bertz CT molecular complexity index is 1060. The lowest BCUT2D eigenvalue weighted by molar-refractivity contribution is -0.274. The smallest absolute Gasteiger partial charge is 0.406 e. The van der Waals surface area contributed by atoms with Crippen molar-refractivity contribution in [2.45, 2.75) is 30.1 Å². The SMILES string of the molecule is O=S(=O)(c1ccc(OC(F)(F)F)cc1)N1CCC[C@@H]1c1nc2ccccc2s1. The van der Waals surface area contributed by atoms with Crippen LogP contribution < -0.4 is 4.74 Å². The average Bonchev–Trinajstić information content (AvgIpc) is 3.27. The lowest BCUT2D eigenvalue weighted by Gasteiger charge is -2.22. The van der Waals surface area contributed by atoms with Gasteiger partial charge in [0, 0.05) is 6.54 Å². The monoisotopic (exact) mass is 428 g/mol. The highest BCUT2D eigenvalue weighted by Crippen LogP contribution is 2.39. The van der Waals surface area contributed by atoms with Gasteiger partial charge in [0.15, 0.2) is 0 Å². The number of ether oxygens (including phenoxy) is 1. The van der Waals surface area contributed by atoms with Gasteiger partial charge in [-0.1, -0.05) is 12.1 Å². The number of fused-ring (bicyclic) bond motifs is 1. The van der Waals surface area contributed by atoms with Crippen LogP contribution in [0, 0.1) is 0 Å². The van der Waals surface area contributed by atoms with Crippen LogP contribution in [0.4, 0.5) is 13.2 Å². The highest BCUT2D eigenvalue weighted by atomic mass is 32.2. The Morgan fingerprint density at radius 1 is 1.11 bits per heavy atom. The second-order valence-electron chi connectivity index (χ2n) is 6.31. The van der Waals surface area contributed by atoms with Crippen molar-refractivity contribution < 1.29 is 26.3 Å². The van der Waals surface area contributed by atoms with Gasteiger partial charge >= 0.3 is 6.36 Å². The van der Waals surface area contributed by atoms with E-state index in [0.717, 1.165) is 39.5 Å². The molecular weight excluding hydrogens is 413 g/mol. The van der Waals surface area contributed by atoms with Crippen molar-refractivity contribution >= 4 is 31.6 Å². The van der Waals surface area contributed by atoms with Gasteiger partial charge in [-0.05, 0) is 49.2 Å². The molecule has 1 aromatic heterocycles. The molecule has 2 aromatic carbocycles. The molecule has 4 rings (SSSR count). The van der Waals surface area contributed by atoms with Gasteiger partial charge in [-0.3, -0.25) is 0 Å². The molecule has 0 bridgehead atoms. The van der Waals surface area contributed by atoms with Gasteiger partial charge in [0.05, 0.1) is 21.2 Å². The molecule has 1 aliphatic rings. The van der Waals surface area contributed by atoms with E-state index in [9.17, 15) is 21.6 Å². The molecule has 0 spiro atoms. The maximum absolute atomic E-state index is 13.1. The number of hydrogen-bond acceptors (Lipinski definition) is 5. The number of sulfonamides is 1. The van der Waals surface area contributed by atoms with E-state index in [4.69, 9.17) is 0 Å². The van der Waals surface area contributed by atoms with Crippen molar-refractivity contribution in [1.82, 2.24) is 9.29 Å². The summed E-state index contributed by atoms with van der Waals surface area (Å²) >= 11 is 1.46. The second-order valence-corrected chi connectivity index (χ2v) is 9.27. The minimum absolute atomic E-state index is 0.0740. The number of alkyl halides is 3. The summed E-state index contributed by atoms with van der Waals surface area (Å²) in [6.45, 7) is 0.337. The second kappa shape index (κ2) is 7.02. The van der Waals surface area contributed by atoms with Gasteiger partial charge in [0.2, 0.25) is 10.0 Å². The lowest BCUT2D eigenvalue weighted by Crippen LogP contribution is -2.30. The third-order valence-electron chi connectivity index (χ3n) is 4.46. The predicted molar refractivity (Wildman–Crippen MR) is 98.6 cm³/mol. The first-order valence-electron chi connectivity index (χ1n) is 8.47. The van der Waals surface area contributed by atoms with Crippen molar-refractivity contribution in [2.75, 3.05) is 6.54 Å². The van der Waals surface area contributed by atoms with E-state index >= 15 is 0 Å². The summed E-state index contributed by atoms with van der Waals surface area (Å²) in [4.78, 5) is 4.50. The molecule has 1 fully saturated rings. The maximum Gasteiger partial charge on any atom is 0.573 e. The first-order chi connectivity index (χ1) is 13.2. The Morgan fingerprint density at radius 3 is 2.50 bits per heavy atom. The number of thiazole rings is 1. The summed E-state index contributed by atoms with van der Waals surface area (Å²) in [5, 5.41) is 0.722. The number of rotatable bonds is 4. The number of nitrogens with zero attached hydrogens (tertiary/aromatic N) is 2. The summed E-state index contributed by atoms with van der Waals surface area (Å²) in [7, 11) is -3.87. The number of halogens is 3. The van der Waals surface area contributed by atoms with Gasteiger partial charge in [0.25, 0.3) is 0 Å². The molecule has 10 heteroatoms. The zero-order chi connectivity index (χ0) is 19.9. The minimum Gasteiger partial charge on any atom is -0.406 e. The lowest BCUT2D eigenvalue weighted by atomic mass is 10.2. The van der Waals surface area contributed by atoms with Crippen LogP contribution in [0.2, 0.25) is 0 Å². The van der Waals surface area contributed by atoms with E-state index in [1.807, 2.05) is 24.3 Å². The largest absolute Gasteiger partial charge is 0.573 e. The molecule has 0 aliphatic carbocycles. The predicted octanol–water partition coefficient (Wildman–Crippen LogP) is 4.72. The highest BCUT2D eigenvalue weighted by molar-refractivity contribution is 7.89. The third-order valence-corrected chi connectivity index (χ3v) is 7.52. The molecule has 1 aliphatic heterocycles. The van der Waals surface area contributed by atoms with Gasteiger partial charge in [0.1, 0.15) is 10.8 Å². The summed E-state index contributed by atoms with van der Waals surface area (Å²) < 4.78 is 69.2. The number of aromatic nitrogens is 1. The van der Waals surface area contributed by atoms with Crippen LogP contribution in [-0.4, -0.2) is 30.6 Å². The molecule has 3 aromatic rings. The van der Waals surface area contributed by atoms with E-state index in [-0.39, 0.29) is 10.9 Å². The van der Waals surface area contributed by atoms with E-state index in [0.29, 0.717) is 19.4 Å². The van der Waals surface area contributed by atoms with E-state index in [2.05, 4.69) is 9.72 Å². The zero-order valence-corrected chi connectivity index (χ0v) is 16.0. The Hall–Kier alpha value is -2.17. The molecule has 148 valence electrons. The Labute approximate surface area is 163 Å². The van der Waals surface area contributed by atoms with Crippen molar-refractivity contribution in [2.24, 2.45) is 0 Å². The first kappa shape index (κ1) is 19.2. The molecule has 28 heavy (non-hydrogen) atoms. The Kier molecular flexibility index (Phi) is 4.80. The fraction of sp³-hybridized carbons (Fsp3) is 0.278. The van der Waals surface area contributed by atoms with Crippen molar-refractivity contribution in [3.05, 3.63) is 53.5 Å². The van der Waals surface area contributed by atoms with Crippen molar-refractivity contribution in [1.29, 1.82) is 0 Å². The summed E-state index contributed by atoms with van der Waals surface area (Å²) in [6, 6.07) is 11.5. The van der Waals surface area contributed by atoms with Crippen LogP contribution >= 0.6 is 11.3 Å². The van der Waals surface area contributed by atoms with Gasteiger partial charge in [-0.25, -0.2) is 13.4 Å². The van der Waals surface area contributed by atoms with Crippen molar-refractivity contribution in [3.8, 4) is 5.75 Å². The van der Waals surface area contributed by atoms with Crippen LogP contribution in [0.3, 0.4) is 0 Å². The first-order valence-corrected chi connectivity index (χ1v) is 10.7. The summed E-state index contributed by atoms with van der Waals surface area (Å²) in [5.41, 5.74) is 0.820. The fourth-order valence-electron chi connectivity index (χ4n) is 3.26.